The highest BCUT2D eigenvalue weighted by Crippen LogP contribution is 2.33. The number of hydrogen-bond acceptors (Lipinski definition) is 3. The lowest BCUT2D eigenvalue weighted by molar-refractivity contribution is 0.0245. The van der Waals surface area contributed by atoms with Crippen LogP contribution >= 0.6 is 0 Å². The number of rotatable bonds is 1. The molecule has 1 atom stereocenters. The Balaban J connectivity index is 2.57. The Kier molecular flexibility index (Phi) is 2.62. The van der Waals surface area contributed by atoms with Gasteiger partial charge in [-0.25, -0.2) is 4.79 Å². The molecule has 0 aliphatic carbocycles. The van der Waals surface area contributed by atoms with Crippen LogP contribution in [-0.2, 0) is 11.2 Å². The van der Waals surface area contributed by atoms with Crippen LogP contribution in [-0.4, -0.2) is 17.2 Å². The molecule has 0 spiro atoms. The van der Waals surface area contributed by atoms with Crippen LogP contribution in [0.15, 0.2) is 6.07 Å². The van der Waals surface area contributed by atoms with E-state index in [0.717, 1.165) is 23.1 Å². The predicted octanol–water partition coefficient (Wildman–Crippen LogP) is 2.50. The fourth-order valence-electron chi connectivity index (χ4n) is 2.08. The third kappa shape index (κ3) is 1.56. The molecule has 0 aromatic heterocycles. The highest BCUT2D eigenvalue weighted by Gasteiger charge is 2.29. The van der Waals surface area contributed by atoms with Crippen molar-refractivity contribution >= 4 is 5.97 Å². The molecule has 2 rings (SSSR count). The van der Waals surface area contributed by atoms with Crippen molar-refractivity contribution in [2.24, 2.45) is 0 Å². The van der Waals surface area contributed by atoms with E-state index in [2.05, 4.69) is 0 Å². The van der Waals surface area contributed by atoms with Crippen LogP contribution in [0.2, 0.25) is 0 Å². The molecule has 0 fully saturated rings. The number of hydrogen-bond donors (Lipinski definition) is 1. The maximum absolute atomic E-state index is 11.8. The van der Waals surface area contributed by atoms with E-state index in [1.807, 2.05) is 26.8 Å². The Morgan fingerprint density at radius 3 is 2.81 bits per heavy atom. The number of aromatic hydroxyl groups is 1. The van der Waals surface area contributed by atoms with Crippen LogP contribution in [0, 0.1) is 13.8 Å². The number of cyclic esters (lactones) is 1. The van der Waals surface area contributed by atoms with Crippen molar-refractivity contribution in [3.8, 4) is 5.75 Å². The molecule has 0 amide bonds. The van der Waals surface area contributed by atoms with Gasteiger partial charge in [0, 0.05) is 6.42 Å². The maximum Gasteiger partial charge on any atom is 0.342 e. The number of ether oxygens (including phenoxy) is 1. The number of esters is 1. The summed E-state index contributed by atoms with van der Waals surface area (Å²) in [5.41, 5.74) is 3.03. The van der Waals surface area contributed by atoms with Crippen LogP contribution in [0.1, 0.15) is 40.4 Å². The number of aryl methyl sites for hydroxylation is 1. The fourth-order valence-corrected chi connectivity index (χ4v) is 2.08. The second-order valence-electron chi connectivity index (χ2n) is 4.34. The van der Waals surface area contributed by atoms with Gasteiger partial charge in [-0.1, -0.05) is 13.0 Å². The minimum atomic E-state index is -0.395. The zero-order valence-corrected chi connectivity index (χ0v) is 9.83. The Morgan fingerprint density at radius 2 is 2.19 bits per heavy atom. The molecule has 1 aromatic carbocycles. The second kappa shape index (κ2) is 3.81. The SMILES string of the molecule is CCC1Cc2cc(C)c(C)c(O)c2C(=O)O1. The fraction of sp³-hybridized carbons (Fsp3) is 0.462. The summed E-state index contributed by atoms with van der Waals surface area (Å²) < 4.78 is 5.24. The molecule has 0 bridgehead atoms. The highest BCUT2D eigenvalue weighted by atomic mass is 16.5. The first kappa shape index (κ1) is 11.0. The summed E-state index contributed by atoms with van der Waals surface area (Å²) in [5.74, 6) is -0.316. The Labute approximate surface area is 95.0 Å². The van der Waals surface area contributed by atoms with E-state index in [-0.39, 0.29) is 11.9 Å². The summed E-state index contributed by atoms with van der Waals surface area (Å²) in [6.45, 7) is 5.74. The molecule has 1 N–H and O–H groups in total. The van der Waals surface area contributed by atoms with Crippen molar-refractivity contribution in [1.82, 2.24) is 0 Å². The largest absolute Gasteiger partial charge is 0.507 e. The van der Waals surface area contributed by atoms with Crippen molar-refractivity contribution in [2.45, 2.75) is 39.7 Å². The Hall–Kier alpha value is -1.51. The first-order valence-electron chi connectivity index (χ1n) is 5.57. The van der Waals surface area contributed by atoms with Gasteiger partial charge in [0.05, 0.1) is 0 Å². The van der Waals surface area contributed by atoms with Gasteiger partial charge in [0.25, 0.3) is 0 Å². The molecular formula is C13H16O3. The number of fused-ring (bicyclic) bond motifs is 1. The third-order valence-corrected chi connectivity index (χ3v) is 3.28. The zero-order chi connectivity index (χ0) is 11.9. The smallest absolute Gasteiger partial charge is 0.342 e. The maximum atomic E-state index is 11.8. The lowest BCUT2D eigenvalue weighted by Gasteiger charge is -2.25. The van der Waals surface area contributed by atoms with E-state index in [1.54, 1.807) is 0 Å². The lowest BCUT2D eigenvalue weighted by Crippen LogP contribution is -2.27. The topological polar surface area (TPSA) is 46.5 Å². The van der Waals surface area contributed by atoms with Crippen molar-refractivity contribution in [3.05, 3.63) is 28.3 Å². The monoisotopic (exact) mass is 220 g/mol. The normalized spacial score (nSPS) is 19.2. The summed E-state index contributed by atoms with van der Waals surface area (Å²) >= 11 is 0. The average molecular weight is 220 g/mol. The molecule has 86 valence electrons. The van der Waals surface area contributed by atoms with Crippen LogP contribution < -0.4 is 0 Å². The van der Waals surface area contributed by atoms with Crippen molar-refractivity contribution in [3.63, 3.8) is 0 Å². The lowest BCUT2D eigenvalue weighted by atomic mass is 9.92. The number of benzene rings is 1. The van der Waals surface area contributed by atoms with E-state index in [9.17, 15) is 9.90 Å². The van der Waals surface area contributed by atoms with Crippen molar-refractivity contribution in [2.75, 3.05) is 0 Å². The molecule has 1 unspecified atom stereocenters. The Morgan fingerprint density at radius 1 is 1.50 bits per heavy atom. The van der Waals surface area contributed by atoms with Crippen LogP contribution in [0.3, 0.4) is 0 Å². The van der Waals surface area contributed by atoms with Crippen molar-refractivity contribution < 1.29 is 14.6 Å². The minimum Gasteiger partial charge on any atom is -0.507 e. The van der Waals surface area contributed by atoms with Gasteiger partial charge in [-0.2, -0.15) is 0 Å². The van der Waals surface area contributed by atoms with Gasteiger partial charge in [0.2, 0.25) is 0 Å². The summed E-state index contributed by atoms with van der Waals surface area (Å²) in [6, 6.07) is 1.98. The van der Waals surface area contributed by atoms with E-state index in [1.165, 1.54) is 0 Å². The molecular weight excluding hydrogens is 204 g/mol. The number of phenols is 1. The number of phenolic OH excluding ortho intramolecular Hbond substituents is 1. The summed E-state index contributed by atoms with van der Waals surface area (Å²) in [5, 5.41) is 9.95. The molecule has 3 heteroatoms. The van der Waals surface area contributed by atoms with Gasteiger partial charge in [-0.15, -0.1) is 0 Å². The molecule has 1 heterocycles. The summed E-state index contributed by atoms with van der Waals surface area (Å²) in [4.78, 5) is 11.8. The minimum absolute atomic E-state index is 0.0542. The van der Waals surface area contributed by atoms with Gasteiger partial charge in [-0.05, 0) is 37.0 Å². The van der Waals surface area contributed by atoms with E-state index >= 15 is 0 Å². The van der Waals surface area contributed by atoms with Crippen molar-refractivity contribution in [1.29, 1.82) is 0 Å². The second-order valence-corrected chi connectivity index (χ2v) is 4.34. The first-order chi connectivity index (χ1) is 7.54. The van der Waals surface area contributed by atoms with E-state index < -0.39 is 5.97 Å². The Bertz CT molecular complexity index is 449. The van der Waals surface area contributed by atoms with Crippen LogP contribution in [0.25, 0.3) is 0 Å². The van der Waals surface area contributed by atoms with Gasteiger partial charge in [0.15, 0.2) is 0 Å². The van der Waals surface area contributed by atoms with Gasteiger partial charge in [-0.3, -0.25) is 0 Å². The zero-order valence-electron chi connectivity index (χ0n) is 9.83. The average Bonchev–Trinajstić information content (AvgIpc) is 2.25. The first-order valence-corrected chi connectivity index (χ1v) is 5.57. The van der Waals surface area contributed by atoms with E-state index in [0.29, 0.717) is 12.0 Å². The van der Waals surface area contributed by atoms with Gasteiger partial charge >= 0.3 is 5.97 Å². The predicted molar refractivity (Wildman–Crippen MR) is 60.8 cm³/mol. The third-order valence-electron chi connectivity index (χ3n) is 3.28. The molecule has 0 radical (unpaired) electrons. The van der Waals surface area contributed by atoms with Gasteiger partial charge < -0.3 is 9.84 Å². The van der Waals surface area contributed by atoms with Crippen LogP contribution in [0.4, 0.5) is 0 Å². The standard InChI is InChI=1S/C13H16O3/c1-4-10-6-9-5-7(2)8(3)12(14)11(9)13(15)16-10/h5,10,14H,4,6H2,1-3H3. The quantitative estimate of drug-likeness (QED) is 0.740. The molecule has 3 nitrogen and oxygen atoms in total. The molecule has 0 saturated carbocycles. The number of carbonyl (C=O) groups excluding carboxylic acids is 1. The molecule has 0 saturated heterocycles. The highest BCUT2D eigenvalue weighted by molar-refractivity contribution is 5.95. The molecule has 1 aromatic rings. The van der Waals surface area contributed by atoms with Crippen LogP contribution in [0.5, 0.6) is 5.75 Å². The van der Waals surface area contributed by atoms with Gasteiger partial charge in [0.1, 0.15) is 17.4 Å². The van der Waals surface area contributed by atoms with E-state index in [4.69, 9.17) is 4.74 Å². The molecule has 16 heavy (non-hydrogen) atoms. The molecule has 1 aliphatic rings. The summed E-state index contributed by atoms with van der Waals surface area (Å²) in [6.07, 6.45) is 1.45. The summed E-state index contributed by atoms with van der Waals surface area (Å²) in [7, 11) is 0. The molecule has 1 aliphatic heterocycles. The number of carbonyl (C=O) groups is 1.